The number of pyridine rings is 1. The maximum absolute atomic E-state index is 9.45. The third-order valence-corrected chi connectivity index (χ3v) is 5.44. The summed E-state index contributed by atoms with van der Waals surface area (Å²) in [6.07, 6.45) is 3.48. The Balaban J connectivity index is 1.49. The van der Waals surface area contributed by atoms with Crippen molar-refractivity contribution >= 4 is 17.9 Å². The van der Waals surface area contributed by atoms with Crippen molar-refractivity contribution in [2.75, 3.05) is 37.7 Å². The van der Waals surface area contributed by atoms with Crippen LogP contribution in [0.3, 0.4) is 0 Å². The molecule has 1 aliphatic heterocycles. The summed E-state index contributed by atoms with van der Waals surface area (Å²) in [4.78, 5) is 8.84. The SMILES string of the molecule is OCCn1c(-c2ccncc2)nn(CN2CCN(c3ccccc3)CC2)c1=S. The second kappa shape index (κ2) is 8.64. The van der Waals surface area contributed by atoms with Crippen LogP contribution in [-0.4, -0.2) is 62.1 Å². The van der Waals surface area contributed by atoms with Crippen LogP contribution in [0.5, 0.6) is 0 Å². The molecule has 146 valence electrons. The van der Waals surface area contributed by atoms with E-state index in [1.54, 1.807) is 12.4 Å². The zero-order valence-electron chi connectivity index (χ0n) is 15.7. The second-order valence-corrected chi connectivity index (χ2v) is 7.16. The normalized spacial score (nSPS) is 15.1. The van der Waals surface area contributed by atoms with Gasteiger partial charge in [-0.25, -0.2) is 4.68 Å². The topological polar surface area (TPSA) is 62.4 Å². The minimum Gasteiger partial charge on any atom is -0.395 e. The first kappa shape index (κ1) is 18.8. The lowest BCUT2D eigenvalue weighted by Gasteiger charge is -2.35. The number of aliphatic hydroxyl groups excluding tert-OH is 1. The molecule has 1 aliphatic rings. The highest BCUT2D eigenvalue weighted by Crippen LogP contribution is 2.19. The van der Waals surface area contributed by atoms with Crippen molar-refractivity contribution < 1.29 is 5.11 Å². The molecule has 1 fully saturated rings. The maximum atomic E-state index is 9.45. The number of para-hydroxylation sites is 1. The summed E-state index contributed by atoms with van der Waals surface area (Å²) in [5.41, 5.74) is 2.22. The number of nitrogens with zero attached hydrogens (tertiary/aromatic N) is 6. The van der Waals surface area contributed by atoms with E-state index in [1.165, 1.54) is 5.69 Å². The summed E-state index contributed by atoms with van der Waals surface area (Å²) in [7, 11) is 0. The fourth-order valence-electron chi connectivity index (χ4n) is 3.52. The standard InChI is InChI=1S/C20H24N6OS/c27-15-14-25-19(17-6-8-21-9-7-17)22-26(20(25)28)16-23-10-12-24(13-11-23)18-4-2-1-3-5-18/h1-9,27H,10-16H2. The van der Waals surface area contributed by atoms with Crippen molar-refractivity contribution in [2.24, 2.45) is 0 Å². The smallest absolute Gasteiger partial charge is 0.199 e. The zero-order chi connectivity index (χ0) is 19.3. The summed E-state index contributed by atoms with van der Waals surface area (Å²) in [5, 5.41) is 14.2. The average Bonchev–Trinajstić information content (AvgIpc) is 3.06. The first-order valence-corrected chi connectivity index (χ1v) is 9.88. The first-order chi connectivity index (χ1) is 13.8. The molecule has 4 rings (SSSR count). The van der Waals surface area contributed by atoms with Gasteiger partial charge in [-0.3, -0.25) is 14.5 Å². The van der Waals surface area contributed by atoms with Gasteiger partial charge in [-0.2, -0.15) is 5.10 Å². The molecule has 0 spiro atoms. The van der Waals surface area contributed by atoms with Gasteiger partial charge in [-0.1, -0.05) is 18.2 Å². The van der Waals surface area contributed by atoms with Crippen LogP contribution in [-0.2, 0) is 13.2 Å². The van der Waals surface area contributed by atoms with E-state index in [1.807, 2.05) is 27.4 Å². The molecular formula is C20H24N6OS. The van der Waals surface area contributed by atoms with Gasteiger partial charge in [0.15, 0.2) is 10.6 Å². The Labute approximate surface area is 169 Å². The lowest BCUT2D eigenvalue weighted by atomic mass is 10.2. The molecule has 0 bridgehead atoms. The number of aliphatic hydroxyl groups is 1. The first-order valence-electron chi connectivity index (χ1n) is 9.47. The van der Waals surface area contributed by atoms with E-state index in [2.05, 4.69) is 39.0 Å². The van der Waals surface area contributed by atoms with Gasteiger partial charge in [0.05, 0.1) is 19.8 Å². The Morgan fingerprint density at radius 2 is 1.68 bits per heavy atom. The molecule has 1 N–H and O–H groups in total. The molecule has 0 amide bonds. The van der Waals surface area contributed by atoms with Crippen LogP contribution in [0.15, 0.2) is 54.9 Å². The summed E-state index contributed by atoms with van der Waals surface area (Å²) in [6, 6.07) is 14.3. The van der Waals surface area contributed by atoms with E-state index in [9.17, 15) is 5.11 Å². The molecule has 0 saturated carbocycles. The van der Waals surface area contributed by atoms with Gasteiger partial charge in [0.2, 0.25) is 0 Å². The van der Waals surface area contributed by atoms with Crippen molar-refractivity contribution in [1.29, 1.82) is 0 Å². The molecule has 0 radical (unpaired) electrons. The molecule has 0 atom stereocenters. The second-order valence-electron chi connectivity index (χ2n) is 6.80. The van der Waals surface area contributed by atoms with Crippen LogP contribution >= 0.6 is 12.2 Å². The summed E-state index contributed by atoms with van der Waals surface area (Å²) < 4.78 is 4.38. The average molecular weight is 397 g/mol. The Kier molecular flexibility index (Phi) is 5.80. The maximum Gasteiger partial charge on any atom is 0.199 e. The highest BCUT2D eigenvalue weighted by Gasteiger charge is 2.19. The molecule has 8 heteroatoms. The molecule has 0 unspecified atom stereocenters. The highest BCUT2D eigenvalue weighted by atomic mass is 32.1. The number of aromatic nitrogens is 4. The largest absolute Gasteiger partial charge is 0.395 e. The fourth-order valence-corrected chi connectivity index (χ4v) is 3.80. The minimum atomic E-state index is 0.0217. The van der Waals surface area contributed by atoms with Crippen LogP contribution in [0.1, 0.15) is 0 Å². The number of hydrogen-bond acceptors (Lipinski definition) is 6. The predicted octanol–water partition coefficient (Wildman–Crippen LogP) is 2.25. The van der Waals surface area contributed by atoms with E-state index in [0.29, 0.717) is 18.0 Å². The van der Waals surface area contributed by atoms with Crippen molar-refractivity contribution in [1.82, 2.24) is 24.2 Å². The minimum absolute atomic E-state index is 0.0217. The van der Waals surface area contributed by atoms with Crippen molar-refractivity contribution in [3.63, 3.8) is 0 Å². The van der Waals surface area contributed by atoms with Crippen LogP contribution in [0.4, 0.5) is 5.69 Å². The van der Waals surface area contributed by atoms with Gasteiger partial charge >= 0.3 is 0 Å². The Morgan fingerprint density at radius 3 is 2.36 bits per heavy atom. The molecule has 3 heterocycles. The van der Waals surface area contributed by atoms with Crippen LogP contribution in [0.2, 0.25) is 0 Å². The Morgan fingerprint density at radius 1 is 0.964 bits per heavy atom. The molecule has 3 aromatic rings. The van der Waals surface area contributed by atoms with Crippen molar-refractivity contribution in [3.05, 3.63) is 59.6 Å². The van der Waals surface area contributed by atoms with Gasteiger partial charge in [-0.05, 0) is 36.5 Å². The lowest BCUT2D eigenvalue weighted by Crippen LogP contribution is -2.47. The third kappa shape index (κ3) is 3.99. The van der Waals surface area contributed by atoms with Crippen LogP contribution in [0, 0.1) is 4.77 Å². The van der Waals surface area contributed by atoms with Crippen molar-refractivity contribution in [2.45, 2.75) is 13.2 Å². The number of anilines is 1. The van der Waals surface area contributed by atoms with Gasteiger partial charge in [0.1, 0.15) is 0 Å². The van der Waals surface area contributed by atoms with Crippen molar-refractivity contribution in [3.8, 4) is 11.4 Å². The molecule has 1 aromatic carbocycles. The van der Waals surface area contributed by atoms with Gasteiger partial charge in [0, 0.05) is 49.8 Å². The fraction of sp³-hybridized carbons (Fsp3) is 0.350. The summed E-state index contributed by atoms with van der Waals surface area (Å²) in [5.74, 6) is 0.768. The van der Waals surface area contributed by atoms with E-state index in [0.717, 1.165) is 37.6 Å². The molecular weight excluding hydrogens is 372 g/mol. The molecule has 2 aromatic heterocycles. The predicted molar refractivity (Wildman–Crippen MR) is 112 cm³/mol. The monoisotopic (exact) mass is 396 g/mol. The van der Waals surface area contributed by atoms with Crippen LogP contribution < -0.4 is 4.90 Å². The Hall–Kier alpha value is -2.55. The number of hydrogen-bond donors (Lipinski definition) is 1. The highest BCUT2D eigenvalue weighted by molar-refractivity contribution is 7.71. The van der Waals surface area contributed by atoms with Gasteiger partial charge in [-0.15, -0.1) is 0 Å². The third-order valence-electron chi connectivity index (χ3n) is 5.01. The molecule has 7 nitrogen and oxygen atoms in total. The number of benzene rings is 1. The zero-order valence-corrected chi connectivity index (χ0v) is 16.5. The van der Waals surface area contributed by atoms with Crippen LogP contribution in [0.25, 0.3) is 11.4 Å². The van der Waals surface area contributed by atoms with E-state index in [4.69, 9.17) is 17.3 Å². The number of rotatable bonds is 6. The molecule has 28 heavy (non-hydrogen) atoms. The van der Waals surface area contributed by atoms with E-state index >= 15 is 0 Å². The quantitative estimate of drug-likeness (QED) is 0.645. The van der Waals surface area contributed by atoms with E-state index in [-0.39, 0.29) is 6.61 Å². The summed E-state index contributed by atoms with van der Waals surface area (Å²) >= 11 is 5.65. The van der Waals surface area contributed by atoms with Gasteiger partial charge < -0.3 is 10.0 Å². The summed E-state index contributed by atoms with van der Waals surface area (Å²) in [6.45, 7) is 4.96. The molecule has 1 saturated heterocycles. The number of piperazine rings is 1. The Bertz CT molecular complexity index is 948. The molecule has 0 aliphatic carbocycles. The lowest BCUT2D eigenvalue weighted by molar-refractivity contribution is 0.193. The van der Waals surface area contributed by atoms with Gasteiger partial charge in [0.25, 0.3) is 0 Å². The van der Waals surface area contributed by atoms with E-state index < -0.39 is 0 Å².